The first kappa shape index (κ1) is 36.8. The van der Waals surface area contributed by atoms with Crippen LogP contribution in [0.15, 0.2) is 60.5 Å². The van der Waals surface area contributed by atoms with Gasteiger partial charge in [-0.2, -0.15) is 0 Å². The van der Waals surface area contributed by atoms with Crippen LogP contribution >= 0.6 is 0 Å². The number of rotatable bonds is 23. The molecule has 0 N–H and O–H groups in total. The van der Waals surface area contributed by atoms with Crippen LogP contribution in [0.3, 0.4) is 0 Å². The Morgan fingerprint density at radius 2 is 1.59 bits per heavy atom. The molecule has 1 saturated carbocycles. The second-order valence-corrected chi connectivity index (χ2v) is 14.5. The van der Waals surface area contributed by atoms with E-state index in [0.717, 1.165) is 32.1 Å². The van der Waals surface area contributed by atoms with E-state index in [1.807, 2.05) is 0 Å². The van der Waals surface area contributed by atoms with Gasteiger partial charge >= 0.3 is 0 Å². The average molecular weight is 607 g/mol. The van der Waals surface area contributed by atoms with Gasteiger partial charge in [-0.15, -0.1) is 0 Å². The summed E-state index contributed by atoms with van der Waals surface area (Å²) in [6.45, 7) is 16.4. The lowest BCUT2D eigenvalue weighted by molar-refractivity contribution is -0.698. The Morgan fingerprint density at radius 3 is 2.25 bits per heavy atom. The Balaban J connectivity index is 1.62. The molecule has 0 aliphatic heterocycles. The summed E-state index contributed by atoms with van der Waals surface area (Å²) in [5.74, 6) is 1.99. The maximum Gasteiger partial charge on any atom is 0.174 e. The zero-order valence-electron chi connectivity index (χ0n) is 29.6. The van der Waals surface area contributed by atoms with Gasteiger partial charge in [0.15, 0.2) is 12.4 Å². The molecule has 0 radical (unpaired) electrons. The molecular formula is C41H68NO2+. The van der Waals surface area contributed by atoms with E-state index < -0.39 is 0 Å². The average Bonchev–Trinajstić information content (AvgIpc) is 3.28. The van der Waals surface area contributed by atoms with Gasteiger partial charge in [0.25, 0.3) is 0 Å². The highest BCUT2D eigenvalue weighted by Gasteiger charge is 2.38. The third kappa shape index (κ3) is 13.0. The number of ether oxygens (including phenoxy) is 2. The summed E-state index contributed by atoms with van der Waals surface area (Å²) in [5, 5.41) is 0. The number of allylic oxidation sites excluding steroid dienone is 4. The molecule has 0 amide bonds. The van der Waals surface area contributed by atoms with E-state index in [9.17, 15) is 0 Å². The van der Waals surface area contributed by atoms with Gasteiger partial charge in [-0.25, -0.2) is 4.57 Å². The van der Waals surface area contributed by atoms with E-state index in [4.69, 9.17) is 9.47 Å². The molecule has 1 aromatic heterocycles. The molecule has 3 nitrogen and oxygen atoms in total. The van der Waals surface area contributed by atoms with E-state index in [-0.39, 0.29) is 17.6 Å². The first-order valence-corrected chi connectivity index (χ1v) is 18.7. The van der Waals surface area contributed by atoms with Crippen LogP contribution in [-0.2, 0) is 16.0 Å². The van der Waals surface area contributed by atoms with Crippen molar-refractivity contribution in [3.8, 4) is 0 Å². The van der Waals surface area contributed by atoms with Gasteiger partial charge in [-0.3, -0.25) is 0 Å². The minimum Gasteiger partial charge on any atom is -0.373 e. The zero-order chi connectivity index (χ0) is 31.6. The van der Waals surface area contributed by atoms with Crippen LogP contribution in [0.25, 0.3) is 0 Å². The fraction of sp³-hybridized carbons (Fsp3) is 0.732. The highest BCUT2D eigenvalue weighted by molar-refractivity contribution is 5.31. The molecule has 1 aromatic rings. The van der Waals surface area contributed by atoms with Crippen LogP contribution in [0.1, 0.15) is 150 Å². The lowest BCUT2D eigenvalue weighted by Gasteiger charge is -2.42. The Morgan fingerprint density at radius 1 is 0.886 bits per heavy atom. The third-order valence-corrected chi connectivity index (χ3v) is 10.4. The molecule has 0 aromatic carbocycles. The van der Waals surface area contributed by atoms with Crippen molar-refractivity contribution in [1.29, 1.82) is 0 Å². The van der Waals surface area contributed by atoms with Gasteiger partial charge in [0.2, 0.25) is 0 Å². The van der Waals surface area contributed by atoms with Crippen LogP contribution < -0.4 is 4.57 Å². The van der Waals surface area contributed by atoms with E-state index >= 15 is 0 Å². The molecule has 2 aliphatic rings. The van der Waals surface area contributed by atoms with Crippen molar-refractivity contribution in [3.05, 3.63) is 66.0 Å². The number of unbranched alkanes of at least 4 members (excludes halogenated alkanes) is 7. The lowest BCUT2D eigenvalue weighted by Crippen LogP contribution is -2.39. The van der Waals surface area contributed by atoms with Crippen molar-refractivity contribution in [2.24, 2.45) is 23.2 Å². The van der Waals surface area contributed by atoms with Crippen LogP contribution in [0.4, 0.5) is 0 Å². The fourth-order valence-electron chi connectivity index (χ4n) is 6.91. The maximum absolute atomic E-state index is 6.85. The van der Waals surface area contributed by atoms with Crippen molar-refractivity contribution in [1.82, 2.24) is 0 Å². The monoisotopic (exact) mass is 607 g/mol. The van der Waals surface area contributed by atoms with Gasteiger partial charge < -0.3 is 9.47 Å². The number of aryl methyl sites for hydroxylation is 1. The highest BCUT2D eigenvalue weighted by Crippen LogP contribution is 2.43. The second-order valence-electron chi connectivity index (χ2n) is 14.5. The summed E-state index contributed by atoms with van der Waals surface area (Å²) in [4.78, 5) is 0. The Hall–Kier alpha value is -1.71. The minimum atomic E-state index is 0.0434. The van der Waals surface area contributed by atoms with Gasteiger partial charge in [-0.05, 0) is 68.9 Å². The van der Waals surface area contributed by atoms with E-state index in [1.54, 1.807) is 0 Å². The highest BCUT2D eigenvalue weighted by atomic mass is 16.5. The van der Waals surface area contributed by atoms with Crippen LogP contribution in [-0.4, -0.2) is 19.3 Å². The molecule has 1 fully saturated rings. The van der Waals surface area contributed by atoms with E-state index in [1.165, 1.54) is 101 Å². The topological polar surface area (TPSA) is 22.3 Å². The van der Waals surface area contributed by atoms with Gasteiger partial charge in [0, 0.05) is 23.5 Å². The Kier molecular flexibility index (Phi) is 17.1. The largest absolute Gasteiger partial charge is 0.373 e. The number of hydrogen-bond acceptors (Lipinski definition) is 2. The minimum absolute atomic E-state index is 0.0434. The van der Waals surface area contributed by atoms with Crippen LogP contribution in [0.5, 0.6) is 0 Å². The summed E-state index contributed by atoms with van der Waals surface area (Å²) in [7, 11) is 0. The first-order valence-electron chi connectivity index (χ1n) is 18.7. The molecule has 5 atom stereocenters. The maximum atomic E-state index is 6.85. The van der Waals surface area contributed by atoms with Crippen molar-refractivity contribution in [2.75, 3.05) is 13.2 Å². The predicted octanol–water partition coefficient (Wildman–Crippen LogP) is 11.3. The number of nitrogens with zero attached hydrogens (tertiary/aromatic N) is 1. The number of hydrogen-bond donors (Lipinski definition) is 0. The Bertz CT molecular complexity index is 999. The van der Waals surface area contributed by atoms with Crippen molar-refractivity contribution in [2.45, 2.75) is 157 Å². The molecular weight excluding hydrogens is 538 g/mol. The van der Waals surface area contributed by atoms with Gasteiger partial charge in [-0.1, -0.05) is 122 Å². The fourth-order valence-corrected chi connectivity index (χ4v) is 6.91. The molecule has 44 heavy (non-hydrogen) atoms. The van der Waals surface area contributed by atoms with E-state index in [2.05, 4.69) is 101 Å². The molecule has 0 spiro atoms. The molecule has 5 unspecified atom stereocenters. The molecule has 0 bridgehead atoms. The van der Waals surface area contributed by atoms with E-state index in [0.29, 0.717) is 11.8 Å². The van der Waals surface area contributed by atoms with Crippen molar-refractivity contribution < 1.29 is 14.0 Å². The normalized spacial score (nSPS) is 20.4. The predicted molar refractivity (Wildman–Crippen MR) is 188 cm³/mol. The molecule has 3 rings (SSSR count). The summed E-state index contributed by atoms with van der Waals surface area (Å²) >= 11 is 0. The lowest BCUT2D eigenvalue weighted by atomic mass is 9.68. The third-order valence-electron chi connectivity index (χ3n) is 10.4. The number of pyridine rings is 1. The Labute approximate surface area is 272 Å². The molecule has 2 aliphatic carbocycles. The summed E-state index contributed by atoms with van der Waals surface area (Å²) in [5.41, 5.74) is 2.60. The summed E-state index contributed by atoms with van der Waals surface area (Å²) in [6.07, 6.45) is 35.8. The molecule has 0 saturated heterocycles. The number of aromatic nitrogens is 1. The molecule has 3 heteroatoms. The summed E-state index contributed by atoms with van der Waals surface area (Å²) in [6, 6.07) is 4.45. The molecule has 248 valence electrons. The second kappa shape index (κ2) is 20.4. The summed E-state index contributed by atoms with van der Waals surface area (Å²) < 4.78 is 16.0. The van der Waals surface area contributed by atoms with Crippen molar-refractivity contribution in [3.63, 3.8) is 0 Å². The molecule has 1 heterocycles. The van der Waals surface area contributed by atoms with Crippen molar-refractivity contribution >= 4 is 0 Å². The quantitative estimate of drug-likeness (QED) is 0.0913. The van der Waals surface area contributed by atoms with Crippen LogP contribution in [0, 0.1) is 23.2 Å². The smallest absolute Gasteiger partial charge is 0.174 e. The standard InChI is InChI=1S/C41H68NO2/c1-7-10-11-12-13-14-15-16-27-42-28-19-24-40(31-42)36(6)44-33-41(29-34(4)8-2,30-38-21-17-22-38)32-43-35(5)39-23-18-20-37(9-3)25-26-39/h18-20,23-26,28,31,34-38H,7-17,21-22,27,29-30,32-33H2,1-6H3/q+1. The van der Waals surface area contributed by atoms with Crippen LogP contribution in [0.2, 0.25) is 0 Å². The van der Waals surface area contributed by atoms with Gasteiger partial charge in [0.05, 0.1) is 25.4 Å². The SMILES string of the molecule is CCCCCCCCCC[n+]1cccc(C(C)OCC(COC(C)C2=CC=CC(CC)C=C2)(CC(C)CC)CC2CCC2)c1. The zero-order valence-corrected chi connectivity index (χ0v) is 29.6. The van der Waals surface area contributed by atoms with Gasteiger partial charge in [0.1, 0.15) is 6.54 Å². The first-order chi connectivity index (χ1) is 21.4.